The maximum Gasteiger partial charge on any atom is 0.308 e. The zero-order valence-corrected chi connectivity index (χ0v) is 14.3. The summed E-state index contributed by atoms with van der Waals surface area (Å²) in [4.78, 5) is 36.9. The molecular weight excluding hydrogens is 328 g/mol. The van der Waals surface area contributed by atoms with Crippen LogP contribution in [0.3, 0.4) is 0 Å². The fourth-order valence-corrected chi connectivity index (χ4v) is 2.75. The molecule has 1 atom stereocenters. The Morgan fingerprint density at radius 2 is 1.96 bits per heavy atom. The molecule has 8 nitrogen and oxygen atoms in total. The Morgan fingerprint density at radius 1 is 1.24 bits per heavy atom. The van der Waals surface area contributed by atoms with Gasteiger partial charge in [0.1, 0.15) is 0 Å². The van der Waals surface area contributed by atoms with Gasteiger partial charge in [-0.1, -0.05) is 0 Å². The van der Waals surface area contributed by atoms with Crippen LogP contribution in [0, 0.1) is 5.92 Å². The zero-order chi connectivity index (χ0) is 18.4. The Morgan fingerprint density at radius 3 is 2.60 bits per heavy atom. The lowest BCUT2D eigenvalue weighted by Gasteiger charge is -2.30. The number of amides is 2. The van der Waals surface area contributed by atoms with Gasteiger partial charge >= 0.3 is 5.97 Å². The van der Waals surface area contributed by atoms with Crippen molar-refractivity contribution in [1.82, 2.24) is 10.2 Å². The molecule has 0 spiro atoms. The topological polar surface area (TPSA) is 105 Å². The van der Waals surface area contributed by atoms with Gasteiger partial charge in [-0.15, -0.1) is 0 Å². The number of likely N-dealkylation sites (tertiary alicyclic amines) is 1. The molecule has 136 valence electrons. The van der Waals surface area contributed by atoms with E-state index in [0.29, 0.717) is 36.4 Å². The van der Waals surface area contributed by atoms with Gasteiger partial charge in [-0.2, -0.15) is 0 Å². The van der Waals surface area contributed by atoms with Crippen molar-refractivity contribution >= 4 is 17.8 Å². The second-order valence-corrected chi connectivity index (χ2v) is 5.77. The Kier molecular flexibility index (Phi) is 6.21. The number of aliphatic carboxylic acids is 1. The molecule has 0 bridgehead atoms. The molecule has 0 radical (unpaired) electrons. The van der Waals surface area contributed by atoms with Crippen molar-refractivity contribution in [3.05, 3.63) is 23.8 Å². The number of nitrogens with one attached hydrogen (secondary N) is 1. The number of piperidine rings is 1. The minimum Gasteiger partial charge on any atom is -0.493 e. The predicted molar refractivity (Wildman–Crippen MR) is 88.8 cm³/mol. The van der Waals surface area contributed by atoms with E-state index in [1.807, 2.05) is 0 Å². The maximum atomic E-state index is 12.2. The second kappa shape index (κ2) is 8.36. The molecule has 0 aliphatic carbocycles. The first-order chi connectivity index (χ1) is 12.0. The second-order valence-electron chi connectivity index (χ2n) is 5.77. The van der Waals surface area contributed by atoms with Gasteiger partial charge in [0.25, 0.3) is 5.91 Å². The monoisotopic (exact) mass is 350 g/mol. The molecule has 25 heavy (non-hydrogen) atoms. The highest BCUT2D eigenvalue weighted by molar-refractivity contribution is 5.97. The number of carbonyl (C=O) groups excluding carboxylic acids is 2. The largest absolute Gasteiger partial charge is 0.493 e. The molecule has 1 fully saturated rings. The number of hydrogen-bond acceptors (Lipinski definition) is 5. The summed E-state index contributed by atoms with van der Waals surface area (Å²) in [5, 5.41) is 11.6. The van der Waals surface area contributed by atoms with Gasteiger partial charge in [-0.25, -0.2) is 0 Å². The van der Waals surface area contributed by atoms with Gasteiger partial charge in [0.05, 0.1) is 26.7 Å². The third-order valence-corrected chi connectivity index (χ3v) is 4.17. The van der Waals surface area contributed by atoms with Gasteiger partial charge in [-0.05, 0) is 31.0 Å². The number of nitrogens with zero attached hydrogens (tertiary/aromatic N) is 1. The van der Waals surface area contributed by atoms with Crippen molar-refractivity contribution in [2.45, 2.75) is 12.8 Å². The van der Waals surface area contributed by atoms with Crippen molar-refractivity contribution < 1.29 is 29.0 Å². The van der Waals surface area contributed by atoms with Gasteiger partial charge < -0.3 is 24.8 Å². The Labute approximate surface area is 145 Å². The summed E-state index contributed by atoms with van der Waals surface area (Å²) in [7, 11) is 2.97. The van der Waals surface area contributed by atoms with Gasteiger partial charge in [0, 0.05) is 18.7 Å². The van der Waals surface area contributed by atoms with E-state index in [4.69, 9.17) is 14.6 Å². The van der Waals surface area contributed by atoms with Crippen molar-refractivity contribution in [1.29, 1.82) is 0 Å². The first-order valence-corrected chi connectivity index (χ1v) is 7.97. The Balaban J connectivity index is 1.93. The normalized spacial score (nSPS) is 16.9. The third kappa shape index (κ3) is 4.62. The first-order valence-electron chi connectivity index (χ1n) is 7.97. The maximum absolute atomic E-state index is 12.2. The summed E-state index contributed by atoms with van der Waals surface area (Å²) in [6.45, 7) is 0.509. The van der Waals surface area contributed by atoms with Crippen LogP contribution in [0.25, 0.3) is 0 Å². The van der Waals surface area contributed by atoms with Crippen LogP contribution >= 0.6 is 0 Å². The number of methoxy groups -OCH3 is 2. The van der Waals surface area contributed by atoms with Gasteiger partial charge in [0.15, 0.2) is 11.5 Å². The van der Waals surface area contributed by atoms with Gasteiger partial charge in [-0.3, -0.25) is 14.4 Å². The van der Waals surface area contributed by atoms with E-state index < -0.39 is 17.8 Å². The molecule has 1 heterocycles. The number of carboxylic acids is 1. The van der Waals surface area contributed by atoms with Crippen LogP contribution in [0.15, 0.2) is 18.2 Å². The average Bonchev–Trinajstić information content (AvgIpc) is 2.65. The standard InChI is InChI=1S/C17H22N2O6/c1-24-13-6-5-11(8-14(13)25-2)16(21)18-9-15(20)19-7-3-4-12(10-19)17(22)23/h5-6,8,12H,3-4,7,9-10H2,1-2H3,(H,18,21)(H,22,23)/t12-/m0/s1. The average molecular weight is 350 g/mol. The summed E-state index contributed by atoms with van der Waals surface area (Å²) < 4.78 is 10.3. The van der Waals surface area contributed by atoms with E-state index in [1.54, 1.807) is 12.1 Å². The van der Waals surface area contributed by atoms with Crippen molar-refractivity contribution in [3.63, 3.8) is 0 Å². The lowest BCUT2D eigenvalue weighted by atomic mass is 9.98. The molecule has 0 saturated carbocycles. The number of carbonyl (C=O) groups is 3. The van der Waals surface area contributed by atoms with Crippen LogP contribution < -0.4 is 14.8 Å². The van der Waals surface area contributed by atoms with Crippen LogP contribution in [-0.2, 0) is 9.59 Å². The van der Waals surface area contributed by atoms with E-state index in [1.165, 1.54) is 25.2 Å². The molecule has 1 aromatic carbocycles. The molecule has 2 N–H and O–H groups in total. The summed E-state index contributed by atoms with van der Waals surface area (Å²) in [5.41, 5.74) is 0.340. The lowest BCUT2D eigenvalue weighted by Crippen LogP contribution is -2.46. The van der Waals surface area contributed by atoms with Crippen LogP contribution in [-0.4, -0.2) is 61.6 Å². The Hall–Kier alpha value is -2.77. The van der Waals surface area contributed by atoms with E-state index in [-0.39, 0.29) is 19.0 Å². The summed E-state index contributed by atoms with van der Waals surface area (Å²) in [5.74, 6) is -1.23. The molecule has 8 heteroatoms. The minimum absolute atomic E-state index is 0.181. The molecule has 1 saturated heterocycles. The van der Waals surface area contributed by atoms with Crippen molar-refractivity contribution in [3.8, 4) is 11.5 Å². The molecular formula is C17H22N2O6. The molecule has 1 aliphatic rings. The third-order valence-electron chi connectivity index (χ3n) is 4.17. The molecule has 2 amide bonds. The van der Waals surface area contributed by atoms with Crippen molar-refractivity contribution in [2.75, 3.05) is 33.9 Å². The number of benzene rings is 1. The lowest BCUT2D eigenvalue weighted by molar-refractivity contribution is -0.145. The highest BCUT2D eigenvalue weighted by Gasteiger charge is 2.28. The van der Waals surface area contributed by atoms with Crippen LogP contribution in [0.2, 0.25) is 0 Å². The van der Waals surface area contributed by atoms with Crippen LogP contribution in [0.5, 0.6) is 11.5 Å². The SMILES string of the molecule is COc1ccc(C(=O)NCC(=O)N2CCC[C@H](C(=O)O)C2)cc1OC. The van der Waals surface area contributed by atoms with E-state index in [0.717, 1.165) is 0 Å². The summed E-state index contributed by atoms with van der Waals surface area (Å²) in [6.07, 6.45) is 1.21. The zero-order valence-electron chi connectivity index (χ0n) is 14.3. The number of carboxylic acid groups (broad SMARTS) is 1. The van der Waals surface area contributed by atoms with E-state index in [9.17, 15) is 14.4 Å². The highest BCUT2D eigenvalue weighted by atomic mass is 16.5. The molecule has 1 aliphatic heterocycles. The highest BCUT2D eigenvalue weighted by Crippen LogP contribution is 2.27. The van der Waals surface area contributed by atoms with Crippen LogP contribution in [0.1, 0.15) is 23.2 Å². The smallest absolute Gasteiger partial charge is 0.308 e. The minimum atomic E-state index is -0.896. The number of hydrogen-bond donors (Lipinski definition) is 2. The molecule has 0 aromatic heterocycles. The number of rotatable bonds is 6. The van der Waals surface area contributed by atoms with E-state index in [2.05, 4.69) is 5.32 Å². The first kappa shape index (κ1) is 18.6. The van der Waals surface area contributed by atoms with E-state index >= 15 is 0 Å². The Bertz CT molecular complexity index is 661. The van der Waals surface area contributed by atoms with Crippen LogP contribution in [0.4, 0.5) is 0 Å². The molecule has 1 aromatic rings. The fourth-order valence-electron chi connectivity index (χ4n) is 2.75. The number of ether oxygens (including phenoxy) is 2. The summed E-state index contributed by atoms with van der Waals surface area (Å²) in [6, 6.07) is 4.71. The van der Waals surface area contributed by atoms with Gasteiger partial charge in [0.2, 0.25) is 5.91 Å². The quantitative estimate of drug-likeness (QED) is 0.785. The fraction of sp³-hybridized carbons (Fsp3) is 0.471. The molecule has 2 rings (SSSR count). The summed E-state index contributed by atoms with van der Waals surface area (Å²) >= 11 is 0. The van der Waals surface area contributed by atoms with Crippen molar-refractivity contribution in [2.24, 2.45) is 5.92 Å². The predicted octanol–water partition coefficient (Wildman–Crippen LogP) is 0.757. The molecule has 0 unspecified atom stereocenters.